The van der Waals surface area contributed by atoms with Crippen LogP contribution < -0.4 is 0 Å². The number of oxime groups is 1. The van der Waals surface area contributed by atoms with Gasteiger partial charge in [0, 0.05) is 12.5 Å². The first kappa shape index (κ1) is 12.3. The summed E-state index contributed by atoms with van der Waals surface area (Å²) in [5, 5.41) is 14.4. The van der Waals surface area contributed by atoms with E-state index in [0.29, 0.717) is 12.5 Å². The van der Waals surface area contributed by atoms with Crippen molar-refractivity contribution in [2.24, 2.45) is 5.16 Å². The molecule has 0 saturated heterocycles. The minimum absolute atomic E-state index is 0.0606. The molecule has 0 aliphatic carbocycles. The minimum atomic E-state index is -4.61. The molecule has 8 heteroatoms. The topological polar surface area (TPSA) is 64.7 Å². The monoisotopic (exact) mass is 260 g/mol. The Kier molecular flexibility index (Phi) is 2.93. The zero-order chi connectivity index (χ0) is 13.3. The summed E-state index contributed by atoms with van der Waals surface area (Å²) < 4.78 is 37.4. The van der Waals surface area contributed by atoms with Crippen LogP contribution in [0.4, 0.5) is 18.9 Å². The maximum absolute atomic E-state index is 12.5. The molecule has 0 aromatic heterocycles. The maximum Gasteiger partial charge on any atom is 0.416 e. The van der Waals surface area contributed by atoms with Gasteiger partial charge in [0.1, 0.15) is 6.61 Å². The molecule has 18 heavy (non-hydrogen) atoms. The third kappa shape index (κ3) is 2.27. The van der Waals surface area contributed by atoms with Crippen LogP contribution in [0.5, 0.6) is 0 Å². The highest BCUT2D eigenvalue weighted by atomic mass is 19.4. The van der Waals surface area contributed by atoms with Gasteiger partial charge in [0.25, 0.3) is 5.69 Å². The van der Waals surface area contributed by atoms with Crippen molar-refractivity contribution in [2.45, 2.75) is 12.6 Å². The van der Waals surface area contributed by atoms with E-state index in [0.717, 1.165) is 12.1 Å². The molecular formula is C10H7F3N2O3. The highest BCUT2D eigenvalue weighted by Crippen LogP contribution is 2.33. The largest absolute Gasteiger partial charge is 0.416 e. The summed E-state index contributed by atoms with van der Waals surface area (Å²) in [7, 11) is 0. The van der Waals surface area contributed by atoms with E-state index < -0.39 is 22.4 Å². The van der Waals surface area contributed by atoms with Gasteiger partial charge < -0.3 is 4.84 Å². The predicted octanol–water partition coefficient (Wildman–Crippen LogP) is 2.74. The first-order valence-corrected chi connectivity index (χ1v) is 4.94. The number of halogens is 3. The van der Waals surface area contributed by atoms with Crippen molar-refractivity contribution in [3.63, 3.8) is 0 Å². The van der Waals surface area contributed by atoms with Gasteiger partial charge in [-0.05, 0) is 12.1 Å². The van der Waals surface area contributed by atoms with E-state index in [1.807, 2.05) is 0 Å². The minimum Gasteiger partial charge on any atom is -0.395 e. The lowest BCUT2D eigenvalue weighted by atomic mass is 10.0. The van der Waals surface area contributed by atoms with Gasteiger partial charge in [-0.2, -0.15) is 13.2 Å². The molecular weight excluding hydrogens is 253 g/mol. The number of rotatable bonds is 2. The van der Waals surface area contributed by atoms with Gasteiger partial charge in [-0.25, -0.2) is 0 Å². The van der Waals surface area contributed by atoms with E-state index in [1.165, 1.54) is 0 Å². The van der Waals surface area contributed by atoms with Crippen LogP contribution in [0.1, 0.15) is 17.5 Å². The zero-order valence-electron chi connectivity index (χ0n) is 8.90. The number of nitro groups is 1. The van der Waals surface area contributed by atoms with E-state index in [1.54, 1.807) is 0 Å². The molecule has 0 fully saturated rings. The smallest absolute Gasteiger partial charge is 0.395 e. The second-order valence-electron chi connectivity index (χ2n) is 3.61. The molecule has 1 aliphatic heterocycles. The molecule has 5 nitrogen and oxygen atoms in total. The summed E-state index contributed by atoms with van der Waals surface area (Å²) >= 11 is 0. The fraction of sp³-hybridized carbons (Fsp3) is 0.300. The summed E-state index contributed by atoms with van der Waals surface area (Å²) in [5.74, 6) is 0. The Morgan fingerprint density at radius 3 is 2.61 bits per heavy atom. The Balaban J connectivity index is 2.51. The van der Waals surface area contributed by atoms with Gasteiger partial charge in [0.05, 0.1) is 21.8 Å². The number of hydrogen-bond acceptors (Lipinski definition) is 4. The van der Waals surface area contributed by atoms with E-state index in [9.17, 15) is 23.3 Å². The second-order valence-corrected chi connectivity index (χ2v) is 3.61. The molecule has 1 aromatic carbocycles. The highest BCUT2D eigenvalue weighted by Gasteiger charge is 2.33. The summed E-state index contributed by atoms with van der Waals surface area (Å²) in [4.78, 5) is 14.6. The normalized spacial score (nSPS) is 15.2. The van der Waals surface area contributed by atoms with E-state index in [4.69, 9.17) is 0 Å². The third-order valence-electron chi connectivity index (χ3n) is 2.44. The van der Waals surface area contributed by atoms with E-state index in [-0.39, 0.29) is 17.9 Å². The summed E-state index contributed by atoms with van der Waals surface area (Å²) in [6.45, 7) is 0.271. The molecule has 0 spiro atoms. The molecule has 0 radical (unpaired) electrons. The lowest BCUT2D eigenvalue weighted by molar-refractivity contribution is -0.385. The molecule has 0 unspecified atom stereocenters. The molecule has 2 rings (SSSR count). The number of nitrogens with zero attached hydrogens (tertiary/aromatic N) is 2. The van der Waals surface area contributed by atoms with Crippen molar-refractivity contribution in [1.82, 2.24) is 0 Å². The van der Waals surface area contributed by atoms with E-state index in [2.05, 4.69) is 9.99 Å². The Morgan fingerprint density at radius 2 is 2.11 bits per heavy atom. The number of alkyl halides is 3. The summed E-state index contributed by atoms with van der Waals surface area (Å²) in [6, 6.07) is 2.35. The SMILES string of the molecule is O=[N+]([O-])c1cc(C(F)(F)F)ccc1C1=NOCC1. The maximum atomic E-state index is 12.5. The standard InChI is InChI=1S/C10H7F3N2O3/c11-10(12,13)6-1-2-7(8-3-4-18-14-8)9(5-6)15(16)17/h1-2,5H,3-4H2. The third-order valence-corrected chi connectivity index (χ3v) is 2.44. The fourth-order valence-corrected chi connectivity index (χ4v) is 1.60. The zero-order valence-corrected chi connectivity index (χ0v) is 8.90. The van der Waals surface area contributed by atoms with Crippen LogP contribution >= 0.6 is 0 Å². The summed E-state index contributed by atoms with van der Waals surface area (Å²) in [6.07, 6.45) is -4.27. The van der Waals surface area contributed by atoms with Gasteiger partial charge in [-0.3, -0.25) is 10.1 Å². The average molecular weight is 260 g/mol. The number of benzene rings is 1. The predicted molar refractivity (Wildman–Crippen MR) is 55.2 cm³/mol. The van der Waals surface area contributed by atoms with Gasteiger partial charge in [0.15, 0.2) is 0 Å². The first-order chi connectivity index (χ1) is 8.39. The molecule has 96 valence electrons. The van der Waals surface area contributed by atoms with Gasteiger partial charge >= 0.3 is 6.18 Å². The Hall–Kier alpha value is -2.12. The van der Waals surface area contributed by atoms with Gasteiger partial charge in [-0.1, -0.05) is 5.16 Å². The van der Waals surface area contributed by atoms with Crippen LogP contribution in [-0.2, 0) is 11.0 Å². The van der Waals surface area contributed by atoms with Crippen LogP contribution in [-0.4, -0.2) is 17.2 Å². The molecule has 0 N–H and O–H groups in total. The van der Waals surface area contributed by atoms with Crippen LogP contribution in [0.2, 0.25) is 0 Å². The van der Waals surface area contributed by atoms with Crippen LogP contribution in [0, 0.1) is 10.1 Å². The van der Waals surface area contributed by atoms with Crippen LogP contribution in [0.3, 0.4) is 0 Å². The molecule has 0 bridgehead atoms. The first-order valence-electron chi connectivity index (χ1n) is 4.94. The molecule has 0 atom stereocenters. The van der Waals surface area contributed by atoms with Crippen molar-refractivity contribution < 1.29 is 22.9 Å². The quantitative estimate of drug-likeness (QED) is 0.606. The van der Waals surface area contributed by atoms with Crippen molar-refractivity contribution in [1.29, 1.82) is 0 Å². The molecule has 1 aliphatic rings. The van der Waals surface area contributed by atoms with Crippen LogP contribution in [0.15, 0.2) is 23.4 Å². The molecule has 0 amide bonds. The van der Waals surface area contributed by atoms with Crippen molar-refractivity contribution in [2.75, 3.05) is 6.61 Å². The highest BCUT2D eigenvalue weighted by molar-refractivity contribution is 6.04. The Bertz CT molecular complexity index is 526. The average Bonchev–Trinajstić information content (AvgIpc) is 2.80. The Morgan fingerprint density at radius 1 is 1.39 bits per heavy atom. The van der Waals surface area contributed by atoms with Gasteiger partial charge in [0.2, 0.25) is 0 Å². The lowest BCUT2D eigenvalue weighted by Crippen LogP contribution is -2.09. The molecule has 0 saturated carbocycles. The Labute approximate surface area is 99.0 Å². The molecule has 1 aromatic rings. The second kappa shape index (κ2) is 4.28. The fourth-order valence-electron chi connectivity index (χ4n) is 1.60. The molecule has 1 heterocycles. The van der Waals surface area contributed by atoms with Crippen molar-refractivity contribution in [3.05, 3.63) is 39.4 Å². The van der Waals surface area contributed by atoms with Crippen LogP contribution in [0.25, 0.3) is 0 Å². The number of nitro benzene ring substituents is 1. The van der Waals surface area contributed by atoms with Gasteiger partial charge in [-0.15, -0.1) is 0 Å². The van der Waals surface area contributed by atoms with Crippen molar-refractivity contribution in [3.8, 4) is 0 Å². The summed E-state index contributed by atoms with van der Waals surface area (Å²) in [5.41, 5.74) is -1.33. The lowest BCUT2D eigenvalue weighted by Gasteiger charge is -2.08. The van der Waals surface area contributed by atoms with Crippen molar-refractivity contribution >= 4 is 11.4 Å². The van der Waals surface area contributed by atoms with E-state index >= 15 is 0 Å². The number of hydrogen-bond donors (Lipinski definition) is 0.